The third-order valence-corrected chi connectivity index (χ3v) is 4.40. The molecule has 2 aromatic heterocycles. The molecule has 0 saturated heterocycles. The predicted octanol–water partition coefficient (Wildman–Crippen LogP) is 7.02. The minimum absolute atomic E-state index is 0. The van der Waals surface area contributed by atoms with Gasteiger partial charge in [0.15, 0.2) is 0 Å². The fraction of sp³-hybridized carbons (Fsp3) is 0.0833. The number of nitrogens with zero attached hydrogens (tertiary/aromatic N) is 2. The molecule has 5 heteroatoms. The van der Waals surface area contributed by atoms with Crippen LogP contribution in [0.15, 0.2) is 73.1 Å². The molecule has 4 rings (SSSR count). The molecule has 4 aromatic rings. The first-order valence-corrected chi connectivity index (χ1v) is 9.47. The normalized spacial score (nSPS) is 9.79. The molecule has 2 heterocycles. The minimum atomic E-state index is 0. The maximum absolute atomic E-state index is 5.87. The van der Waals surface area contributed by atoms with Crippen LogP contribution < -0.4 is 0 Å². The number of rotatable bonds is 2. The first-order valence-electron chi connectivity index (χ1n) is 8.72. The van der Waals surface area contributed by atoms with E-state index in [0.29, 0.717) is 10.0 Å². The Morgan fingerprint density at radius 3 is 1.38 bits per heavy atom. The third-order valence-electron chi connectivity index (χ3n) is 3.93. The molecular formula is C24H18Cl2N2Pt. The van der Waals surface area contributed by atoms with E-state index in [4.69, 9.17) is 23.2 Å². The molecule has 0 aliphatic rings. The van der Waals surface area contributed by atoms with Gasteiger partial charge in [-0.1, -0.05) is 49.2 Å². The van der Waals surface area contributed by atoms with E-state index in [2.05, 4.69) is 22.1 Å². The van der Waals surface area contributed by atoms with Crippen LogP contribution in [0.1, 0.15) is 11.1 Å². The van der Waals surface area contributed by atoms with Crippen LogP contribution in [0, 0.1) is 26.0 Å². The molecule has 0 N–H and O–H groups in total. The molecule has 0 spiro atoms. The van der Waals surface area contributed by atoms with Gasteiger partial charge < -0.3 is 9.97 Å². The molecule has 29 heavy (non-hydrogen) atoms. The molecule has 0 bridgehead atoms. The SMILES string of the molecule is Cc1c[c-]c(-c2cc(Cl)ccn2)cc1.Cc1c[c-]c(-c2cc(Cl)ccn2)cc1.[Pt+2]. The van der Waals surface area contributed by atoms with Crippen LogP contribution >= 0.6 is 23.2 Å². The summed E-state index contributed by atoms with van der Waals surface area (Å²) in [6, 6.07) is 25.5. The van der Waals surface area contributed by atoms with Gasteiger partial charge in [0.05, 0.1) is 0 Å². The molecule has 0 saturated carbocycles. The van der Waals surface area contributed by atoms with Gasteiger partial charge in [-0.3, -0.25) is 0 Å². The molecule has 0 atom stereocenters. The summed E-state index contributed by atoms with van der Waals surface area (Å²) in [6.07, 6.45) is 3.40. The zero-order valence-corrected chi connectivity index (χ0v) is 19.7. The van der Waals surface area contributed by atoms with Crippen molar-refractivity contribution >= 4 is 23.2 Å². The van der Waals surface area contributed by atoms with E-state index in [1.165, 1.54) is 11.1 Å². The van der Waals surface area contributed by atoms with Crippen LogP contribution in [0.25, 0.3) is 22.5 Å². The van der Waals surface area contributed by atoms with Gasteiger partial charge in [0, 0.05) is 22.4 Å². The molecule has 0 radical (unpaired) electrons. The molecule has 0 aliphatic carbocycles. The van der Waals surface area contributed by atoms with E-state index < -0.39 is 0 Å². The molecule has 0 amide bonds. The quantitative estimate of drug-likeness (QED) is 0.231. The van der Waals surface area contributed by atoms with Gasteiger partial charge in [-0.2, -0.15) is 0 Å². The van der Waals surface area contributed by atoms with Crippen molar-refractivity contribution in [2.45, 2.75) is 13.8 Å². The molecule has 0 fully saturated rings. The fourth-order valence-corrected chi connectivity index (χ4v) is 2.75. The van der Waals surface area contributed by atoms with Crippen LogP contribution in [-0.4, -0.2) is 9.97 Å². The van der Waals surface area contributed by atoms with Crippen molar-refractivity contribution in [3.05, 3.63) is 106 Å². The van der Waals surface area contributed by atoms with Crippen LogP contribution in [0.3, 0.4) is 0 Å². The van der Waals surface area contributed by atoms with Gasteiger partial charge in [-0.15, -0.1) is 70.8 Å². The molecule has 2 aromatic carbocycles. The maximum Gasteiger partial charge on any atom is 2.00 e. The number of benzene rings is 2. The first-order chi connectivity index (χ1) is 13.5. The van der Waals surface area contributed by atoms with Gasteiger partial charge in [-0.25, -0.2) is 0 Å². The van der Waals surface area contributed by atoms with Gasteiger partial charge in [0.2, 0.25) is 0 Å². The second-order valence-electron chi connectivity index (χ2n) is 6.28. The zero-order chi connectivity index (χ0) is 19.9. The summed E-state index contributed by atoms with van der Waals surface area (Å²) in [6.45, 7) is 4.07. The summed E-state index contributed by atoms with van der Waals surface area (Å²) < 4.78 is 0. The average Bonchev–Trinajstić information content (AvgIpc) is 2.70. The summed E-state index contributed by atoms with van der Waals surface area (Å²) in [4.78, 5) is 8.45. The number of aromatic nitrogens is 2. The topological polar surface area (TPSA) is 25.8 Å². The Morgan fingerprint density at radius 1 is 0.655 bits per heavy atom. The van der Waals surface area contributed by atoms with E-state index in [1.807, 2.05) is 62.4 Å². The summed E-state index contributed by atoms with van der Waals surface area (Å²) in [7, 11) is 0. The van der Waals surface area contributed by atoms with Crippen molar-refractivity contribution in [3.8, 4) is 22.5 Å². The van der Waals surface area contributed by atoms with Crippen LogP contribution in [0.5, 0.6) is 0 Å². The second-order valence-corrected chi connectivity index (χ2v) is 7.15. The second kappa shape index (κ2) is 11.3. The Hall–Kier alpha value is -1.99. The van der Waals surface area contributed by atoms with E-state index >= 15 is 0 Å². The molecule has 0 aliphatic heterocycles. The number of pyridine rings is 2. The fourth-order valence-electron chi connectivity index (χ4n) is 2.43. The van der Waals surface area contributed by atoms with Crippen molar-refractivity contribution < 1.29 is 21.1 Å². The Balaban J connectivity index is 0.000000200. The first kappa shape index (κ1) is 23.3. The summed E-state index contributed by atoms with van der Waals surface area (Å²) in [5, 5.41) is 1.40. The zero-order valence-electron chi connectivity index (χ0n) is 15.9. The van der Waals surface area contributed by atoms with Crippen LogP contribution in [0.4, 0.5) is 0 Å². The van der Waals surface area contributed by atoms with Crippen LogP contribution in [-0.2, 0) is 21.1 Å². The minimum Gasteiger partial charge on any atom is -0.305 e. The van der Waals surface area contributed by atoms with Crippen LogP contribution in [0.2, 0.25) is 10.0 Å². The summed E-state index contributed by atoms with van der Waals surface area (Å²) >= 11 is 11.7. The molecule has 0 unspecified atom stereocenters. The Kier molecular flexibility index (Phi) is 9.04. The summed E-state index contributed by atoms with van der Waals surface area (Å²) in [5.74, 6) is 0. The Morgan fingerprint density at radius 2 is 1.07 bits per heavy atom. The van der Waals surface area contributed by atoms with Gasteiger partial charge in [0.25, 0.3) is 0 Å². The maximum atomic E-state index is 5.87. The number of hydrogen-bond acceptors (Lipinski definition) is 2. The van der Waals surface area contributed by atoms with Crippen molar-refractivity contribution in [2.24, 2.45) is 0 Å². The van der Waals surface area contributed by atoms with E-state index in [1.54, 1.807) is 24.5 Å². The largest absolute Gasteiger partial charge is 2.00 e. The molecular weight excluding hydrogens is 582 g/mol. The number of halogens is 2. The Bertz CT molecular complexity index is 962. The van der Waals surface area contributed by atoms with Gasteiger partial charge in [-0.05, 0) is 23.5 Å². The smallest absolute Gasteiger partial charge is 0.305 e. The van der Waals surface area contributed by atoms with Gasteiger partial charge >= 0.3 is 21.1 Å². The van der Waals surface area contributed by atoms with Gasteiger partial charge in [0.1, 0.15) is 0 Å². The van der Waals surface area contributed by atoms with E-state index in [9.17, 15) is 0 Å². The van der Waals surface area contributed by atoms with Crippen molar-refractivity contribution in [1.82, 2.24) is 9.97 Å². The standard InChI is InChI=1S/2C12H9ClN.Pt/c2*1-9-2-4-10(5-3-9)12-8-11(13)6-7-14-12;/h2*2-4,6-8H,1H3;/q2*-1;+2. The van der Waals surface area contributed by atoms with E-state index in [0.717, 1.165) is 22.5 Å². The number of hydrogen-bond donors (Lipinski definition) is 0. The van der Waals surface area contributed by atoms with Crippen molar-refractivity contribution in [1.29, 1.82) is 0 Å². The average molecular weight is 600 g/mol. The Labute approximate surface area is 196 Å². The molecule has 148 valence electrons. The monoisotopic (exact) mass is 599 g/mol. The van der Waals surface area contributed by atoms with E-state index in [-0.39, 0.29) is 21.1 Å². The third kappa shape index (κ3) is 7.08. The number of aryl methyl sites for hydroxylation is 2. The van der Waals surface area contributed by atoms with Crippen molar-refractivity contribution in [3.63, 3.8) is 0 Å². The summed E-state index contributed by atoms with van der Waals surface area (Å²) in [5.41, 5.74) is 6.04. The predicted molar refractivity (Wildman–Crippen MR) is 117 cm³/mol. The molecule has 2 nitrogen and oxygen atoms in total. The van der Waals surface area contributed by atoms with Crippen molar-refractivity contribution in [2.75, 3.05) is 0 Å².